The van der Waals surface area contributed by atoms with E-state index in [0.29, 0.717) is 6.42 Å². The monoisotopic (exact) mass is 332 g/mol. The van der Waals surface area contributed by atoms with Gasteiger partial charge in [-0.3, -0.25) is 4.79 Å². The average Bonchev–Trinajstić information content (AvgIpc) is 3.30. The maximum absolute atomic E-state index is 12.4. The van der Waals surface area contributed by atoms with Crippen LogP contribution in [-0.4, -0.2) is 34.5 Å². The molecule has 0 aromatic heterocycles. The van der Waals surface area contributed by atoms with Crippen molar-refractivity contribution in [1.29, 1.82) is 0 Å². The standard InChI is InChI=1S/C18H20O4S/c1-10(23-2)8-14-17(20)15(18(21)22-14)16(19)13-9-12(13)11-6-4-3-5-7-11/h3-7,10,12-14,19H,8-9H2,1-2H3/t10?,12?,13-,14?/m1/s1. The van der Waals surface area contributed by atoms with Crippen LogP contribution in [0.4, 0.5) is 0 Å². The zero-order valence-electron chi connectivity index (χ0n) is 13.2. The summed E-state index contributed by atoms with van der Waals surface area (Å²) < 4.78 is 5.18. The van der Waals surface area contributed by atoms with Crippen LogP contribution in [-0.2, 0) is 14.3 Å². The highest BCUT2D eigenvalue weighted by atomic mass is 32.2. The second-order valence-corrected chi connectivity index (χ2v) is 7.44. The van der Waals surface area contributed by atoms with Crippen molar-refractivity contribution < 1.29 is 19.4 Å². The first-order valence-electron chi connectivity index (χ1n) is 7.79. The van der Waals surface area contributed by atoms with Gasteiger partial charge in [-0.15, -0.1) is 0 Å². The number of Topliss-reactive ketones (excluding diaryl/α,β-unsaturated/α-hetero) is 1. The fraction of sp³-hybridized carbons (Fsp3) is 0.444. The van der Waals surface area contributed by atoms with E-state index < -0.39 is 12.1 Å². The number of hydrogen-bond acceptors (Lipinski definition) is 5. The Balaban J connectivity index is 1.76. The Morgan fingerprint density at radius 1 is 1.35 bits per heavy atom. The number of cyclic esters (lactones) is 1. The lowest BCUT2D eigenvalue weighted by molar-refractivity contribution is -0.141. The van der Waals surface area contributed by atoms with E-state index in [9.17, 15) is 14.7 Å². The normalized spacial score (nSPS) is 30.1. The SMILES string of the molecule is CSC(C)CC1OC(=O)C(=C(O)[C@@H]2CC2c2ccccc2)C1=O. The van der Waals surface area contributed by atoms with Crippen molar-refractivity contribution in [3.05, 3.63) is 47.2 Å². The number of ketones is 1. The van der Waals surface area contributed by atoms with Gasteiger partial charge in [-0.25, -0.2) is 4.79 Å². The average molecular weight is 332 g/mol. The molecule has 1 N–H and O–H groups in total. The zero-order valence-corrected chi connectivity index (χ0v) is 14.0. The summed E-state index contributed by atoms with van der Waals surface area (Å²) in [5, 5.41) is 10.6. The van der Waals surface area contributed by atoms with Gasteiger partial charge < -0.3 is 9.84 Å². The van der Waals surface area contributed by atoms with E-state index in [2.05, 4.69) is 0 Å². The van der Waals surface area contributed by atoms with E-state index in [1.165, 1.54) is 0 Å². The van der Waals surface area contributed by atoms with E-state index in [-0.39, 0.29) is 34.2 Å². The summed E-state index contributed by atoms with van der Waals surface area (Å²) >= 11 is 1.62. The molecule has 1 saturated heterocycles. The predicted molar refractivity (Wildman–Crippen MR) is 89.4 cm³/mol. The topological polar surface area (TPSA) is 63.6 Å². The maximum Gasteiger partial charge on any atom is 0.346 e. The first-order chi connectivity index (χ1) is 11.0. The Bertz CT molecular complexity index is 652. The molecular weight excluding hydrogens is 312 g/mol. The molecule has 5 heteroatoms. The molecule has 122 valence electrons. The van der Waals surface area contributed by atoms with E-state index in [1.807, 2.05) is 43.5 Å². The van der Waals surface area contributed by atoms with Crippen LogP contribution in [0.2, 0.25) is 0 Å². The molecule has 2 fully saturated rings. The molecule has 4 atom stereocenters. The number of ether oxygens (including phenoxy) is 1. The van der Waals surface area contributed by atoms with Crippen LogP contribution < -0.4 is 0 Å². The Morgan fingerprint density at radius 2 is 2.04 bits per heavy atom. The summed E-state index contributed by atoms with van der Waals surface area (Å²) in [6.45, 7) is 1.99. The van der Waals surface area contributed by atoms with Crippen LogP contribution in [0.3, 0.4) is 0 Å². The van der Waals surface area contributed by atoms with Crippen molar-refractivity contribution in [3.8, 4) is 0 Å². The van der Waals surface area contributed by atoms with Gasteiger partial charge >= 0.3 is 5.97 Å². The minimum absolute atomic E-state index is 0.0897. The van der Waals surface area contributed by atoms with E-state index in [0.717, 1.165) is 12.0 Å². The summed E-state index contributed by atoms with van der Waals surface area (Å²) in [4.78, 5) is 24.4. The quantitative estimate of drug-likeness (QED) is 0.388. The number of esters is 1. The highest BCUT2D eigenvalue weighted by Crippen LogP contribution is 2.52. The summed E-state index contributed by atoms with van der Waals surface area (Å²) in [5.41, 5.74) is 0.989. The van der Waals surface area contributed by atoms with Gasteiger partial charge in [0.25, 0.3) is 0 Å². The van der Waals surface area contributed by atoms with Crippen LogP contribution in [0.1, 0.15) is 31.2 Å². The molecule has 0 bridgehead atoms. The second-order valence-electron chi connectivity index (χ2n) is 6.16. The van der Waals surface area contributed by atoms with Crippen molar-refractivity contribution in [3.63, 3.8) is 0 Å². The summed E-state index contributed by atoms with van der Waals surface area (Å²) in [7, 11) is 0. The van der Waals surface area contributed by atoms with Crippen molar-refractivity contribution in [2.24, 2.45) is 5.92 Å². The molecule has 3 rings (SSSR count). The van der Waals surface area contributed by atoms with E-state index >= 15 is 0 Å². The molecule has 0 radical (unpaired) electrons. The van der Waals surface area contributed by atoms with Crippen LogP contribution in [0, 0.1) is 5.92 Å². The third-order valence-electron chi connectivity index (χ3n) is 4.57. The van der Waals surface area contributed by atoms with Gasteiger partial charge in [-0.1, -0.05) is 37.3 Å². The van der Waals surface area contributed by atoms with E-state index in [4.69, 9.17) is 4.74 Å². The lowest BCUT2D eigenvalue weighted by Gasteiger charge is -2.11. The van der Waals surface area contributed by atoms with Crippen molar-refractivity contribution in [2.75, 3.05) is 6.26 Å². The smallest absolute Gasteiger partial charge is 0.346 e. The number of carbonyl (C=O) groups excluding carboxylic acids is 2. The number of benzene rings is 1. The fourth-order valence-corrected chi connectivity index (χ4v) is 3.41. The highest BCUT2D eigenvalue weighted by molar-refractivity contribution is 7.99. The van der Waals surface area contributed by atoms with Gasteiger partial charge in [0.15, 0.2) is 6.10 Å². The molecule has 1 heterocycles. The lowest BCUT2D eigenvalue weighted by atomic mass is 10.0. The highest BCUT2D eigenvalue weighted by Gasteiger charge is 2.48. The van der Waals surface area contributed by atoms with Crippen molar-refractivity contribution in [2.45, 2.75) is 37.0 Å². The fourth-order valence-electron chi connectivity index (χ4n) is 3.04. The number of aliphatic hydroxyl groups excluding tert-OH is 1. The Hall–Kier alpha value is -1.75. The minimum Gasteiger partial charge on any atom is -0.511 e. The summed E-state index contributed by atoms with van der Waals surface area (Å²) in [6, 6.07) is 9.84. The van der Waals surface area contributed by atoms with Gasteiger partial charge in [0.2, 0.25) is 5.78 Å². The molecule has 2 aliphatic rings. The number of allylic oxidation sites excluding steroid dienone is 1. The van der Waals surface area contributed by atoms with Gasteiger partial charge in [-0.2, -0.15) is 11.8 Å². The zero-order chi connectivity index (χ0) is 16.6. The molecule has 1 saturated carbocycles. The molecular formula is C18H20O4S. The van der Waals surface area contributed by atoms with Crippen LogP contribution in [0.5, 0.6) is 0 Å². The van der Waals surface area contributed by atoms with Gasteiger partial charge in [0, 0.05) is 17.6 Å². The van der Waals surface area contributed by atoms with Crippen LogP contribution in [0.25, 0.3) is 0 Å². The number of carbonyl (C=O) groups is 2. The summed E-state index contributed by atoms with van der Waals surface area (Å²) in [6.07, 6.45) is 2.44. The molecule has 1 aromatic carbocycles. The second kappa shape index (κ2) is 6.40. The lowest BCUT2D eigenvalue weighted by Crippen LogP contribution is -2.20. The summed E-state index contributed by atoms with van der Waals surface area (Å²) in [5.74, 6) is -1.11. The number of hydrogen-bond donors (Lipinski definition) is 1. The third-order valence-corrected chi connectivity index (χ3v) is 5.56. The number of rotatable bonds is 5. The Kier molecular flexibility index (Phi) is 4.48. The van der Waals surface area contributed by atoms with Crippen LogP contribution in [0.15, 0.2) is 41.7 Å². The third kappa shape index (κ3) is 3.15. The van der Waals surface area contributed by atoms with Crippen molar-refractivity contribution in [1.82, 2.24) is 0 Å². The number of aliphatic hydroxyl groups is 1. The van der Waals surface area contributed by atoms with E-state index in [1.54, 1.807) is 11.8 Å². The largest absolute Gasteiger partial charge is 0.511 e. The Labute approximate surface area is 139 Å². The molecule has 23 heavy (non-hydrogen) atoms. The van der Waals surface area contributed by atoms with Gasteiger partial charge in [-0.05, 0) is 24.2 Å². The van der Waals surface area contributed by atoms with Gasteiger partial charge in [0.1, 0.15) is 11.3 Å². The molecule has 1 aromatic rings. The first kappa shape index (κ1) is 16.1. The minimum atomic E-state index is -0.754. The maximum atomic E-state index is 12.4. The molecule has 3 unspecified atom stereocenters. The van der Waals surface area contributed by atoms with Crippen molar-refractivity contribution >= 4 is 23.5 Å². The predicted octanol–water partition coefficient (Wildman–Crippen LogP) is 3.24. The molecule has 0 amide bonds. The first-order valence-corrected chi connectivity index (χ1v) is 9.07. The Morgan fingerprint density at radius 3 is 2.70 bits per heavy atom. The molecule has 1 aliphatic carbocycles. The van der Waals surface area contributed by atoms with Crippen LogP contribution >= 0.6 is 11.8 Å². The molecule has 4 nitrogen and oxygen atoms in total. The molecule has 1 aliphatic heterocycles. The molecule has 0 spiro atoms. The number of thioether (sulfide) groups is 1. The van der Waals surface area contributed by atoms with Gasteiger partial charge in [0.05, 0.1) is 0 Å².